The molecular formula is C11H6F2N2O2S. The second-order valence-corrected chi connectivity index (χ2v) is 4.94. The maximum absolute atomic E-state index is 13.5. The highest BCUT2D eigenvalue weighted by Crippen LogP contribution is 2.32. The fourth-order valence-electron chi connectivity index (χ4n) is 1.82. The van der Waals surface area contributed by atoms with Crippen LogP contribution in [0.3, 0.4) is 0 Å². The smallest absolute Gasteiger partial charge is 0.236 e. The monoisotopic (exact) mass is 268 g/mol. The Kier molecular flexibility index (Phi) is 2.37. The molecule has 3 rings (SSSR count). The summed E-state index contributed by atoms with van der Waals surface area (Å²) < 4.78 is 26.8. The van der Waals surface area contributed by atoms with Crippen molar-refractivity contribution in [3.8, 4) is 0 Å². The molecule has 92 valence electrons. The molecule has 1 aromatic carbocycles. The molecule has 2 heterocycles. The zero-order chi connectivity index (χ0) is 12.9. The van der Waals surface area contributed by atoms with Gasteiger partial charge in [0.05, 0.1) is 17.7 Å². The van der Waals surface area contributed by atoms with Crippen molar-refractivity contribution in [1.29, 1.82) is 0 Å². The van der Waals surface area contributed by atoms with Crippen LogP contribution in [0.15, 0.2) is 12.1 Å². The molecule has 0 bridgehead atoms. The summed E-state index contributed by atoms with van der Waals surface area (Å²) in [5.74, 6) is -2.03. The van der Waals surface area contributed by atoms with E-state index in [1.54, 1.807) is 0 Å². The van der Waals surface area contributed by atoms with Crippen LogP contribution in [0.5, 0.6) is 0 Å². The van der Waals surface area contributed by atoms with Gasteiger partial charge < -0.3 is 0 Å². The van der Waals surface area contributed by atoms with Gasteiger partial charge in [-0.15, -0.1) is 0 Å². The zero-order valence-electron chi connectivity index (χ0n) is 8.94. The van der Waals surface area contributed by atoms with Gasteiger partial charge in [0.15, 0.2) is 16.7 Å². The number of ketones is 1. The highest BCUT2D eigenvalue weighted by Gasteiger charge is 2.31. The fraction of sp³-hybridized carbons (Fsp3) is 0.182. The van der Waals surface area contributed by atoms with Crippen LogP contribution in [-0.4, -0.2) is 23.2 Å². The second kappa shape index (κ2) is 3.81. The van der Waals surface area contributed by atoms with E-state index < -0.39 is 11.6 Å². The Balaban J connectivity index is 2.11. The van der Waals surface area contributed by atoms with Crippen molar-refractivity contribution in [1.82, 2.24) is 4.98 Å². The number of nitrogens with zero attached hydrogens (tertiary/aromatic N) is 2. The van der Waals surface area contributed by atoms with Gasteiger partial charge in [0.1, 0.15) is 11.3 Å². The molecule has 1 fully saturated rings. The third-order valence-electron chi connectivity index (χ3n) is 2.62. The molecule has 0 atom stereocenters. The topological polar surface area (TPSA) is 50.3 Å². The Labute approximate surface area is 104 Å². The molecule has 1 amide bonds. The lowest BCUT2D eigenvalue weighted by Crippen LogP contribution is -2.24. The van der Waals surface area contributed by atoms with Crippen molar-refractivity contribution in [2.75, 3.05) is 11.4 Å². The lowest BCUT2D eigenvalue weighted by molar-refractivity contribution is -0.121. The zero-order valence-corrected chi connectivity index (χ0v) is 9.76. The summed E-state index contributed by atoms with van der Waals surface area (Å²) in [5, 5.41) is 0.227. The minimum absolute atomic E-state index is 0.0172. The first-order valence-corrected chi connectivity index (χ1v) is 5.94. The number of carbonyl (C=O) groups excluding carboxylic acids is 2. The van der Waals surface area contributed by atoms with Crippen LogP contribution in [0.2, 0.25) is 0 Å². The van der Waals surface area contributed by atoms with Crippen molar-refractivity contribution in [3.63, 3.8) is 0 Å². The van der Waals surface area contributed by atoms with Crippen LogP contribution in [0, 0.1) is 11.6 Å². The number of fused-ring (bicyclic) bond motifs is 1. The molecule has 1 aliphatic heterocycles. The van der Waals surface area contributed by atoms with E-state index >= 15 is 0 Å². The van der Waals surface area contributed by atoms with Crippen molar-refractivity contribution < 1.29 is 18.4 Å². The molecule has 18 heavy (non-hydrogen) atoms. The second-order valence-electron chi connectivity index (χ2n) is 3.93. The summed E-state index contributed by atoms with van der Waals surface area (Å²) in [6.45, 7) is -0.0528. The molecule has 0 aliphatic carbocycles. The van der Waals surface area contributed by atoms with E-state index in [9.17, 15) is 18.4 Å². The molecule has 0 spiro atoms. The number of anilines is 1. The first-order chi connectivity index (χ1) is 8.54. The molecule has 0 radical (unpaired) electrons. The van der Waals surface area contributed by atoms with Gasteiger partial charge >= 0.3 is 0 Å². The number of halogens is 2. The molecule has 1 aliphatic rings. The minimum Gasteiger partial charge on any atom is -0.297 e. The molecule has 2 aromatic rings. The number of carbonyl (C=O) groups is 2. The van der Waals surface area contributed by atoms with E-state index in [0.29, 0.717) is 4.70 Å². The van der Waals surface area contributed by atoms with Crippen LogP contribution >= 0.6 is 11.3 Å². The number of Topliss-reactive ketones (excluding diaryl/α,β-unsaturated/α-hetero) is 1. The lowest BCUT2D eigenvalue weighted by Gasteiger charge is -2.08. The van der Waals surface area contributed by atoms with Crippen LogP contribution in [-0.2, 0) is 9.59 Å². The minimum atomic E-state index is -0.773. The Bertz CT molecular complexity index is 683. The third kappa shape index (κ3) is 1.67. The van der Waals surface area contributed by atoms with E-state index in [1.165, 1.54) is 4.90 Å². The van der Waals surface area contributed by atoms with Crippen molar-refractivity contribution in [2.45, 2.75) is 6.42 Å². The van der Waals surface area contributed by atoms with Crippen LogP contribution < -0.4 is 4.90 Å². The quantitative estimate of drug-likeness (QED) is 0.742. The average Bonchev–Trinajstić information content (AvgIpc) is 2.81. The van der Waals surface area contributed by atoms with Gasteiger partial charge in [-0.2, -0.15) is 0 Å². The van der Waals surface area contributed by atoms with Gasteiger partial charge in [-0.25, -0.2) is 13.8 Å². The molecule has 0 N–H and O–H groups in total. The predicted molar refractivity (Wildman–Crippen MR) is 61.5 cm³/mol. The number of hydrogen-bond acceptors (Lipinski definition) is 4. The summed E-state index contributed by atoms with van der Waals surface area (Å²) >= 11 is 0.990. The third-order valence-corrected chi connectivity index (χ3v) is 3.64. The summed E-state index contributed by atoms with van der Waals surface area (Å²) in [6, 6.07) is 1.89. The number of amides is 1. The van der Waals surface area contributed by atoms with Gasteiger partial charge in [-0.05, 0) is 6.07 Å². The summed E-state index contributed by atoms with van der Waals surface area (Å²) in [6.07, 6.45) is -0.160. The maximum atomic E-state index is 13.5. The van der Waals surface area contributed by atoms with Crippen molar-refractivity contribution in [3.05, 3.63) is 23.8 Å². The fourth-order valence-corrected chi connectivity index (χ4v) is 2.84. The van der Waals surface area contributed by atoms with Gasteiger partial charge in [0.25, 0.3) is 0 Å². The molecule has 4 nitrogen and oxygen atoms in total. The van der Waals surface area contributed by atoms with Crippen molar-refractivity contribution >= 4 is 38.4 Å². The van der Waals surface area contributed by atoms with E-state index in [1.807, 2.05) is 0 Å². The Morgan fingerprint density at radius 2 is 2.06 bits per heavy atom. The molecule has 1 saturated heterocycles. The standard InChI is InChI=1S/C11H6F2N2O2S/c12-5-1-7(13)10-8(2-5)18-11(14-10)15-4-6(16)3-9(15)17/h1-2H,3-4H2. The Hall–Kier alpha value is -1.89. The largest absolute Gasteiger partial charge is 0.297 e. The van der Waals surface area contributed by atoms with E-state index in [4.69, 9.17) is 0 Å². The summed E-state index contributed by atoms with van der Waals surface area (Å²) in [7, 11) is 0. The van der Waals surface area contributed by atoms with E-state index in [0.717, 1.165) is 23.5 Å². The molecule has 1 aromatic heterocycles. The van der Waals surface area contributed by atoms with Crippen molar-refractivity contribution in [2.24, 2.45) is 0 Å². The van der Waals surface area contributed by atoms with Gasteiger partial charge in [0, 0.05) is 6.07 Å². The highest BCUT2D eigenvalue weighted by atomic mass is 32.1. The Morgan fingerprint density at radius 1 is 1.28 bits per heavy atom. The van der Waals surface area contributed by atoms with Gasteiger partial charge in [-0.1, -0.05) is 11.3 Å². The number of hydrogen-bond donors (Lipinski definition) is 0. The number of aromatic nitrogens is 1. The summed E-state index contributed by atoms with van der Waals surface area (Å²) in [4.78, 5) is 27.8. The first kappa shape index (κ1) is 11.2. The number of thiazole rings is 1. The molecular weight excluding hydrogens is 262 g/mol. The lowest BCUT2D eigenvalue weighted by atomic mass is 10.3. The van der Waals surface area contributed by atoms with Gasteiger partial charge in [0.2, 0.25) is 5.91 Å². The van der Waals surface area contributed by atoms with E-state index in [-0.39, 0.29) is 35.3 Å². The predicted octanol–water partition coefficient (Wildman–Crippen LogP) is 1.88. The summed E-state index contributed by atoms with van der Waals surface area (Å²) in [5.41, 5.74) is 0.0172. The number of rotatable bonds is 1. The van der Waals surface area contributed by atoms with Crippen LogP contribution in [0.1, 0.15) is 6.42 Å². The van der Waals surface area contributed by atoms with Gasteiger partial charge in [-0.3, -0.25) is 14.5 Å². The van der Waals surface area contributed by atoms with Crippen LogP contribution in [0.25, 0.3) is 10.2 Å². The maximum Gasteiger partial charge on any atom is 0.236 e. The van der Waals surface area contributed by atoms with E-state index in [2.05, 4.69) is 4.98 Å². The number of benzene rings is 1. The SMILES string of the molecule is O=C1CC(=O)N(c2nc3c(F)cc(F)cc3s2)C1. The Morgan fingerprint density at radius 3 is 2.72 bits per heavy atom. The molecule has 0 saturated carbocycles. The average molecular weight is 268 g/mol. The molecule has 0 unspecified atom stereocenters. The first-order valence-electron chi connectivity index (χ1n) is 5.12. The highest BCUT2D eigenvalue weighted by molar-refractivity contribution is 7.22. The molecule has 7 heteroatoms. The normalized spacial score (nSPS) is 16.0. The van der Waals surface area contributed by atoms with Crippen LogP contribution in [0.4, 0.5) is 13.9 Å².